The van der Waals surface area contributed by atoms with Crippen molar-refractivity contribution >= 4 is 11.8 Å². The van der Waals surface area contributed by atoms with Crippen LogP contribution >= 0.6 is 0 Å². The van der Waals surface area contributed by atoms with Crippen molar-refractivity contribution in [1.82, 2.24) is 10.2 Å². The van der Waals surface area contributed by atoms with E-state index in [4.69, 9.17) is 4.74 Å². The number of H-pyrrole nitrogens is 1. The van der Waals surface area contributed by atoms with Crippen LogP contribution in [0.2, 0.25) is 0 Å². The zero-order chi connectivity index (χ0) is 19.0. The lowest BCUT2D eigenvalue weighted by Crippen LogP contribution is -2.15. The summed E-state index contributed by atoms with van der Waals surface area (Å²) in [6.45, 7) is 3.62. The number of carbonyl (C=O) groups is 2. The number of hydrogen-bond donors (Lipinski definition) is 1. The molecule has 0 radical (unpaired) electrons. The Kier molecular flexibility index (Phi) is 4.36. The van der Waals surface area contributed by atoms with Gasteiger partial charge in [0.2, 0.25) is 0 Å². The molecule has 5 heteroatoms. The van der Waals surface area contributed by atoms with Crippen LogP contribution in [0.3, 0.4) is 0 Å². The summed E-state index contributed by atoms with van der Waals surface area (Å²) in [5.74, 6) is -0.639. The molecular formula is C22H20N2O3. The van der Waals surface area contributed by atoms with E-state index in [2.05, 4.69) is 22.3 Å². The van der Waals surface area contributed by atoms with Crippen LogP contribution in [-0.2, 0) is 11.2 Å². The second-order valence-electron chi connectivity index (χ2n) is 7.06. The van der Waals surface area contributed by atoms with Crippen molar-refractivity contribution in [2.75, 3.05) is 6.61 Å². The molecule has 3 aromatic rings. The molecule has 0 spiro atoms. The number of hydrogen-bond acceptors (Lipinski definition) is 4. The summed E-state index contributed by atoms with van der Waals surface area (Å²) in [6, 6.07) is 13.9. The molecule has 0 unspecified atom stereocenters. The summed E-state index contributed by atoms with van der Waals surface area (Å²) < 4.78 is 5.23. The second-order valence-corrected chi connectivity index (χ2v) is 7.06. The molecule has 0 aliphatic heterocycles. The first-order valence-corrected chi connectivity index (χ1v) is 8.99. The van der Waals surface area contributed by atoms with E-state index < -0.39 is 5.97 Å². The lowest BCUT2D eigenvalue weighted by Gasteiger charge is -2.08. The molecule has 5 nitrogen and oxygen atoms in total. The molecule has 0 fully saturated rings. The number of esters is 1. The van der Waals surface area contributed by atoms with Gasteiger partial charge in [0, 0.05) is 5.56 Å². The Morgan fingerprint density at radius 2 is 1.89 bits per heavy atom. The zero-order valence-corrected chi connectivity index (χ0v) is 15.3. The number of fused-ring (bicyclic) bond motifs is 3. The SMILES string of the molecule is CC(C)c1[nH]ncc1C(=O)OCC(=O)c1ccc2c(c1)-c1ccccc1C2. The quantitative estimate of drug-likeness (QED) is 0.429. The number of benzene rings is 2. The summed E-state index contributed by atoms with van der Waals surface area (Å²) in [6.07, 6.45) is 2.32. The maximum Gasteiger partial charge on any atom is 0.342 e. The number of rotatable bonds is 5. The molecule has 0 saturated carbocycles. The minimum absolute atomic E-state index is 0.113. The van der Waals surface area contributed by atoms with E-state index in [1.165, 1.54) is 22.9 Å². The highest BCUT2D eigenvalue weighted by atomic mass is 16.5. The largest absolute Gasteiger partial charge is 0.454 e. The molecule has 1 aromatic heterocycles. The van der Waals surface area contributed by atoms with E-state index in [-0.39, 0.29) is 18.3 Å². The number of ether oxygens (including phenoxy) is 1. The predicted octanol–water partition coefficient (Wildman–Crippen LogP) is 4.14. The maximum absolute atomic E-state index is 12.5. The van der Waals surface area contributed by atoms with Gasteiger partial charge in [0.25, 0.3) is 0 Å². The van der Waals surface area contributed by atoms with Gasteiger partial charge in [-0.1, -0.05) is 50.2 Å². The molecule has 0 amide bonds. The summed E-state index contributed by atoms with van der Waals surface area (Å²) in [4.78, 5) is 24.8. The summed E-state index contributed by atoms with van der Waals surface area (Å²) in [5.41, 5.74) is 6.37. The lowest BCUT2D eigenvalue weighted by atomic mass is 10.0. The highest BCUT2D eigenvalue weighted by molar-refractivity contribution is 6.01. The first kappa shape index (κ1) is 17.2. The summed E-state index contributed by atoms with van der Waals surface area (Å²) in [7, 11) is 0. The molecule has 1 heterocycles. The third-order valence-corrected chi connectivity index (χ3v) is 4.92. The molecular weight excluding hydrogens is 340 g/mol. The second kappa shape index (κ2) is 6.83. The molecule has 27 heavy (non-hydrogen) atoms. The van der Waals surface area contributed by atoms with Crippen molar-refractivity contribution in [1.29, 1.82) is 0 Å². The Morgan fingerprint density at radius 3 is 2.70 bits per heavy atom. The van der Waals surface area contributed by atoms with Crippen LogP contribution in [0.5, 0.6) is 0 Å². The summed E-state index contributed by atoms with van der Waals surface area (Å²) >= 11 is 0. The molecule has 0 atom stereocenters. The molecule has 136 valence electrons. The van der Waals surface area contributed by atoms with Gasteiger partial charge in [0.05, 0.1) is 11.9 Å². The van der Waals surface area contributed by atoms with Crippen LogP contribution in [0, 0.1) is 0 Å². The Morgan fingerprint density at radius 1 is 1.11 bits per heavy atom. The predicted molar refractivity (Wildman–Crippen MR) is 102 cm³/mol. The molecule has 1 aliphatic rings. The minimum Gasteiger partial charge on any atom is -0.454 e. The number of ketones is 1. The van der Waals surface area contributed by atoms with Crippen LogP contribution in [-0.4, -0.2) is 28.6 Å². The highest BCUT2D eigenvalue weighted by Crippen LogP contribution is 2.36. The van der Waals surface area contributed by atoms with Crippen molar-refractivity contribution in [3.05, 3.63) is 76.6 Å². The Hall–Kier alpha value is -3.21. The number of aromatic amines is 1. The molecule has 1 aliphatic carbocycles. The average molecular weight is 360 g/mol. The van der Waals surface area contributed by atoms with Gasteiger partial charge in [-0.25, -0.2) is 4.79 Å². The first-order chi connectivity index (χ1) is 13.0. The third kappa shape index (κ3) is 3.16. The van der Waals surface area contributed by atoms with Gasteiger partial charge in [-0.3, -0.25) is 9.89 Å². The summed E-state index contributed by atoms with van der Waals surface area (Å²) in [5, 5.41) is 6.71. The van der Waals surface area contributed by atoms with Gasteiger partial charge in [-0.15, -0.1) is 0 Å². The highest BCUT2D eigenvalue weighted by Gasteiger charge is 2.21. The van der Waals surface area contributed by atoms with Crippen LogP contribution < -0.4 is 0 Å². The topological polar surface area (TPSA) is 72.1 Å². The van der Waals surface area contributed by atoms with Gasteiger partial charge in [0.15, 0.2) is 12.4 Å². The number of nitrogens with zero attached hydrogens (tertiary/aromatic N) is 1. The lowest BCUT2D eigenvalue weighted by molar-refractivity contribution is 0.0473. The normalized spacial score (nSPS) is 12.0. The molecule has 1 N–H and O–H groups in total. The van der Waals surface area contributed by atoms with Crippen molar-refractivity contribution in [2.24, 2.45) is 0 Å². The van der Waals surface area contributed by atoms with Crippen molar-refractivity contribution < 1.29 is 14.3 Å². The zero-order valence-electron chi connectivity index (χ0n) is 15.3. The number of Topliss-reactive ketones (excluding diaryl/α,β-unsaturated/α-hetero) is 1. The van der Waals surface area contributed by atoms with Gasteiger partial charge >= 0.3 is 5.97 Å². The van der Waals surface area contributed by atoms with Crippen LogP contribution in [0.25, 0.3) is 11.1 Å². The van der Waals surface area contributed by atoms with E-state index in [9.17, 15) is 9.59 Å². The first-order valence-electron chi connectivity index (χ1n) is 8.99. The van der Waals surface area contributed by atoms with Crippen LogP contribution in [0.15, 0.2) is 48.7 Å². The number of carbonyl (C=O) groups excluding carboxylic acids is 2. The monoisotopic (exact) mass is 360 g/mol. The smallest absolute Gasteiger partial charge is 0.342 e. The van der Waals surface area contributed by atoms with Gasteiger partial charge in [0.1, 0.15) is 5.56 Å². The fraction of sp³-hybridized carbons (Fsp3) is 0.227. The van der Waals surface area contributed by atoms with Crippen molar-refractivity contribution in [3.63, 3.8) is 0 Å². The van der Waals surface area contributed by atoms with Crippen LogP contribution in [0.4, 0.5) is 0 Å². The Balaban J connectivity index is 1.49. The molecule has 0 saturated heterocycles. The van der Waals surface area contributed by atoms with Crippen molar-refractivity contribution in [3.8, 4) is 11.1 Å². The van der Waals surface area contributed by atoms with E-state index in [0.29, 0.717) is 16.8 Å². The molecule has 0 bridgehead atoms. The number of aromatic nitrogens is 2. The van der Waals surface area contributed by atoms with E-state index in [1.807, 2.05) is 38.1 Å². The van der Waals surface area contributed by atoms with Gasteiger partial charge < -0.3 is 4.74 Å². The average Bonchev–Trinajstić information content (AvgIpc) is 3.30. The molecule has 2 aromatic carbocycles. The Bertz CT molecular complexity index is 1030. The minimum atomic E-state index is -0.535. The standard InChI is InChI=1S/C22H20N2O3/c1-13(2)21-19(11-23-24-21)22(26)27-12-20(25)16-8-7-15-9-14-5-3-4-6-17(14)18(15)10-16/h3-8,10-11,13H,9,12H2,1-2H3,(H,23,24). The maximum atomic E-state index is 12.5. The fourth-order valence-corrected chi connectivity index (χ4v) is 3.49. The molecule has 4 rings (SSSR count). The fourth-order valence-electron chi connectivity index (χ4n) is 3.49. The third-order valence-electron chi connectivity index (χ3n) is 4.92. The van der Waals surface area contributed by atoms with E-state index >= 15 is 0 Å². The van der Waals surface area contributed by atoms with Gasteiger partial charge in [-0.05, 0) is 40.7 Å². The van der Waals surface area contributed by atoms with E-state index in [1.54, 1.807) is 6.07 Å². The van der Waals surface area contributed by atoms with Crippen LogP contribution in [0.1, 0.15) is 57.3 Å². The Labute approximate surface area is 157 Å². The van der Waals surface area contributed by atoms with Gasteiger partial charge in [-0.2, -0.15) is 5.10 Å². The van der Waals surface area contributed by atoms with E-state index in [0.717, 1.165) is 12.0 Å². The number of nitrogens with one attached hydrogen (secondary N) is 1. The van der Waals surface area contributed by atoms with Crippen molar-refractivity contribution in [2.45, 2.75) is 26.2 Å².